The van der Waals surface area contributed by atoms with Gasteiger partial charge in [-0.25, -0.2) is 0 Å². The summed E-state index contributed by atoms with van der Waals surface area (Å²) < 4.78 is 0. The van der Waals surface area contributed by atoms with Gasteiger partial charge in [0.2, 0.25) is 0 Å². The van der Waals surface area contributed by atoms with Crippen LogP contribution in [0.3, 0.4) is 0 Å². The van der Waals surface area contributed by atoms with E-state index in [4.69, 9.17) is 0 Å². The summed E-state index contributed by atoms with van der Waals surface area (Å²) in [6.45, 7) is 15.3. The molecule has 4 rings (SSSR count). The maximum Gasteiger partial charge on any atom is -0.00851 e. The van der Waals surface area contributed by atoms with E-state index in [0.717, 1.165) is 41.4 Å². The molecule has 0 aliphatic heterocycles. The first-order valence-corrected chi connectivity index (χ1v) is 12.9. The van der Waals surface area contributed by atoms with Crippen LogP contribution in [0.25, 0.3) is 0 Å². The number of allylic oxidation sites excluding steroid dienone is 2. The normalized spacial score (nSPS) is 46.5. The van der Waals surface area contributed by atoms with Crippen LogP contribution in [0, 0.1) is 52.3 Å². The second-order valence-corrected chi connectivity index (χ2v) is 12.6. The molecule has 4 aliphatic rings. The third kappa shape index (κ3) is 3.43. The van der Waals surface area contributed by atoms with E-state index in [1.165, 1.54) is 70.6 Å². The molecule has 4 aliphatic carbocycles. The lowest BCUT2D eigenvalue weighted by Gasteiger charge is -2.58. The van der Waals surface area contributed by atoms with Crippen molar-refractivity contribution in [3.05, 3.63) is 11.6 Å². The fourth-order valence-corrected chi connectivity index (χ4v) is 8.87. The first-order valence-electron chi connectivity index (χ1n) is 12.9. The molecular formula is C28H48. The van der Waals surface area contributed by atoms with Crippen molar-refractivity contribution in [2.45, 2.75) is 112 Å². The second-order valence-electron chi connectivity index (χ2n) is 12.6. The van der Waals surface area contributed by atoms with Gasteiger partial charge in [-0.2, -0.15) is 0 Å². The highest BCUT2D eigenvalue weighted by atomic mass is 14.6. The van der Waals surface area contributed by atoms with Crippen molar-refractivity contribution >= 4 is 0 Å². The highest BCUT2D eigenvalue weighted by Gasteiger charge is 2.58. The lowest BCUT2D eigenvalue weighted by molar-refractivity contribution is -0.0523. The van der Waals surface area contributed by atoms with E-state index < -0.39 is 0 Å². The van der Waals surface area contributed by atoms with Gasteiger partial charge in [-0.3, -0.25) is 0 Å². The van der Waals surface area contributed by atoms with E-state index in [1.807, 2.05) is 5.57 Å². The van der Waals surface area contributed by atoms with E-state index in [2.05, 4.69) is 47.6 Å². The maximum atomic E-state index is 2.75. The van der Waals surface area contributed by atoms with E-state index in [1.54, 1.807) is 0 Å². The molecular weight excluding hydrogens is 336 g/mol. The molecule has 0 heteroatoms. The monoisotopic (exact) mass is 384 g/mol. The molecule has 8 atom stereocenters. The van der Waals surface area contributed by atoms with Gasteiger partial charge >= 0.3 is 0 Å². The van der Waals surface area contributed by atoms with Crippen LogP contribution in [0.1, 0.15) is 112 Å². The Balaban J connectivity index is 1.49. The van der Waals surface area contributed by atoms with Crippen molar-refractivity contribution < 1.29 is 0 Å². The summed E-state index contributed by atoms with van der Waals surface area (Å²) in [5.74, 6) is 6.73. The zero-order valence-corrected chi connectivity index (χ0v) is 19.9. The number of fused-ring (bicyclic) bond motifs is 5. The van der Waals surface area contributed by atoms with Gasteiger partial charge in [0, 0.05) is 0 Å². The van der Waals surface area contributed by atoms with E-state index in [9.17, 15) is 0 Å². The summed E-state index contributed by atoms with van der Waals surface area (Å²) >= 11 is 0. The lowest BCUT2D eigenvalue weighted by atomic mass is 9.46. The molecule has 28 heavy (non-hydrogen) atoms. The Morgan fingerprint density at radius 3 is 2.50 bits per heavy atom. The average molecular weight is 385 g/mol. The van der Waals surface area contributed by atoms with Crippen molar-refractivity contribution in [1.82, 2.24) is 0 Å². The lowest BCUT2D eigenvalue weighted by Crippen LogP contribution is -2.50. The number of rotatable bonds is 5. The van der Waals surface area contributed by atoms with Gasteiger partial charge in [0.25, 0.3) is 0 Å². The van der Waals surface area contributed by atoms with Crippen LogP contribution in [0.15, 0.2) is 11.6 Å². The van der Waals surface area contributed by atoms with Crippen LogP contribution in [0.2, 0.25) is 0 Å². The summed E-state index contributed by atoms with van der Waals surface area (Å²) in [7, 11) is 0. The molecule has 0 bridgehead atoms. The molecule has 0 amide bonds. The van der Waals surface area contributed by atoms with Crippen LogP contribution in [0.5, 0.6) is 0 Å². The Hall–Kier alpha value is -0.260. The molecule has 0 radical (unpaired) electrons. The Labute approximate surface area is 176 Å². The highest BCUT2D eigenvalue weighted by Crippen LogP contribution is 2.67. The predicted molar refractivity (Wildman–Crippen MR) is 122 cm³/mol. The quantitative estimate of drug-likeness (QED) is 0.416. The molecule has 0 nitrogen and oxygen atoms in total. The van der Waals surface area contributed by atoms with E-state index in [0.29, 0.717) is 10.8 Å². The van der Waals surface area contributed by atoms with Crippen LogP contribution in [0.4, 0.5) is 0 Å². The van der Waals surface area contributed by atoms with E-state index >= 15 is 0 Å². The SMILES string of the molecule is CC(C)CCC[C@@H](C)[C@H]1CC[C@H]2[C@@H]3CC=C4C[C@@H](C)CC[C@]4(C)C3CC[C@]12C. The minimum atomic E-state index is 0.553. The first kappa shape index (κ1) is 21.0. The molecule has 0 aromatic carbocycles. The summed E-state index contributed by atoms with van der Waals surface area (Å²) in [4.78, 5) is 0. The molecule has 0 saturated heterocycles. The Bertz CT molecular complexity index is 585. The molecule has 0 aromatic heterocycles. The van der Waals surface area contributed by atoms with Gasteiger partial charge in [-0.15, -0.1) is 0 Å². The van der Waals surface area contributed by atoms with Gasteiger partial charge in [0.05, 0.1) is 0 Å². The first-order chi connectivity index (χ1) is 13.3. The van der Waals surface area contributed by atoms with Crippen LogP contribution in [-0.2, 0) is 0 Å². The van der Waals surface area contributed by atoms with Crippen LogP contribution < -0.4 is 0 Å². The number of hydrogen-bond donors (Lipinski definition) is 0. The van der Waals surface area contributed by atoms with Crippen LogP contribution >= 0.6 is 0 Å². The third-order valence-corrected chi connectivity index (χ3v) is 10.6. The van der Waals surface area contributed by atoms with Gasteiger partial charge in [0.15, 0.2) is 0 Å². The fourth-order valence-electron chi connectivity index (χ4n) is 8.87. The molecule has 3 saturated carbocycles. The Kier molecular flexibility index (Phi) is 5.83. The zero-order chi connectivity index (χ0) is 20.1. The Morgan fingerprint density at radius 2 is 1.75 bits per heavy atom. The van der Waals surface area contributed by atoms with Crippen molar-refractivity contribution in [2.24, 2.45) is 52.3 Å². The average Bonchev–Trinajstić information content (AvgIpc) is 2.99. The van der Waals surface area contributed by atoms with Crippen molar-refractivity contribution in [2.75, 3.05) is 0 Å². The topological polar surface area (TPSA) is 0 Å². The van der Waals surface area contributed by atoms with E-state index in [-0.39, 0.29) is 0 Å². The van der Waals surface area contributed by atoms with Gasteiger partial charge in [0.1, 0.15) is 0 Å². The summed E-state index contributed by atoms with van der Waals surface area (Å²) in [5.41, 5.74) is 3.06. The molecule has 0 aromatic rings. The third-order valence-electron chi connectivity index (χ3n) is 10.6. The van der Waals surface area contributed by atoms with Crippen molar-refractivity contribution in [1.29, 1.82) is 0 Å². The minimum absolute atomic E-state index is 0.553. The van der Waals surface area contributed by atoms with Gasteiger partial charge in [-0.1, -0.05) is 72.5 Å². The predicted octanol–water partition coefficient (Wildman–Crippen LogP) is 8.66. The summed E-state index contributed by atoms with van der Waals surface area (Å²) in [6, 6.07) is 0. The van der Waals surface area contributed by atoms with Crippen molar-refractivity contribution in [3.63, 3.8) is 0 Å². The molecule has 0 N–H and O–H groups in total. The zero-order valence-electron chi connectivity index (χ0n) is 19.9. The maximum absolute atomic E-state index is 2.75. The van der Waals surface area contributed by atoms with Gasteiger partial charge in [-0.05, 0) is 104 Å². The van der Waals surface area contributed by atoms with Gasteiger partial charge < -0.3 is 0 Å². The van der Waals surface area contributed by atoms with Crippen LogP contribution in [-0.4, -0.2) is 0 Å². The molecule has 0 heterocycles. The summed E-state index contributed by atoms with van der Waals surface area (Å²) in [5, 5.41) is 0. The molecule has 160 valence electrons. The Morgan fingerprint density at radius 1 is 0.964 bits per heavy atom. The highest BCUT2D eigenvalue weighted by molar-refractivity contribution is 5.25. The smallest absolute Gasteiger partial charge is 0.00851 e. The standard InChI is InChI=1S/C28H48/c1-19(2)8-7-9-21(4)24-12-13-25-23-11-10-22-18-20(3)14-16-27(22,5)26(23)15-17-28(24,25)6/h10,19-21,23-26H,7-9,11-18H2,1-6H3/t20-,21+,23-,24+,25-,26?,27-,28+/m0/s1. The molecule has 0 spiro atoms. The fraction of sp³-hybridized carbons (Fsp3) is 0.929. The molecule has 1 unspecified atom stereocenters. The van der Waals surface area contributed by atoms with Crippen molar-refractivity contribution in [3.8, 4) is 0 Å². The minimum Gasteiger partial charge on any atom is -0.0845 e. The number of hydrogen-bond acceptors (Lipinski definition) is 0. The molecule has 3 fully saturated rings. The summed E-state index contributed by atoms with van der Waals surface area (Å²) in [6.07, 6.45) is 19.0. The second kappa shape index (κ2) is 7.77. The largest absolute Gasteiger partial charge is 0.0845 e.